The lowest BCUT2D eigenvalue weighted by molar-refractivity contribution is -0.142. The van der Waals surface area contributed by atoms with E-state index in [1.54, 1.807) is 0 Å². The summed E-state index contributed by atoms with van der Waals surface area (Å²) in [5.41, 5.74) is 0. The number of carboxylic acids is 2. The smallest absolute Gasteiger partial charge is 0.326 e. The Bertz CT molecular complexity index is 640. The molecule has 1 aliphatic rings. The van der Waals surface area contributed by atoms with Crippen LogP contribution in [0.4, 0.5) is 0 Å². The van der Waals surface area contributed by atoms with Gasteiger partial charge < -0.3 is 31.5 Å². The van der Waals surface area contributed by atoms with E-state index >= 15 is 0 Å². The quantitative estimate of drug-likeness (QED) is 0.205. The highest BCUT2D eigenvalue weighted by molar-refractivity contribution is 7.98. The number of hydrogen-bond donors (Lipinski definition) is 6. The zero-order valence-corrected chi connectivity index (χ0v) is 17.9. The third kappa shape index (κ3) is 8.99. The Morgan fingerprint density at radius 2 is 1.73 bits per heavy atom. The molecular weight excluding hydrogens is 416 g/mol. The Morgan fingerprint density at radius 3 is 2.27 bits per heavy atom. The summed E-state index contributed by atoms with van der Waals surface area (Å²) in [6.07, 6.45) is 3.00. The minimum atomic E-state index is -1.17. The maximum atomic E-state index is 12.6. The van der Waals surface area contributed by atoms with E-state index in [4.69, 9.17) is 5.11 Å². The van der Waals surface area contributed by atoms with E-state index in [0.717, 1.165) is 6.42 Å². The van der Waals surface area contributed by atoms with Crippen molar-refractivity contribution >= 4 is 41.4 Å². The monoisotopic (exact) mass is 446 g/mol. The van der Waals surface area contributed by atoms with Crippen molar-refractivity contribution in [3.05, 3.63) is 0 Å². The lowest BCUT2D eigenvalue weighted by atomic mass is 10.1. The standard InChI is InChI=1S/C18H30N4O7S/c1-10(15(25)22-13(18(28)29)7-9-30-2)20-17(27)12(5-6-14(23)24)21-16(26)11-4-3-8-19-11/h10-13,19H,3-9H2,1-2H3,(H,20,27)(H,21,26)(H,22,25)(H,23,24)(H,28,29). The van der Waals surface area contributed by atoms with Gasteiger partial charge >= 0.3 is 11.9 Å². The van der Waals surface area contributed by atoms with Crippen LogP contribution in [0.25, 0.3) is 0 Å². The van der Waals surface area contributed by atoms with Crippen LogP contribution in [0, 0.1) is 0 Å². The Labute approximate surface area is 179 Å². The first-order chi connectivity index (χ1) is 14.1. The molecule has 0 saturated carbocycles. The third-order valence-electron chi connectivity index (χ3n) is 4.63. The van der Waals surface area contributed by atoms with Gasteiger partial charge in [-0.25, -0.2) is 4.79 Å². The fraction of sp³-hybridized carbons (Fsp3) is 0.722. The lowest BCUT2D eigenvalue weighted by Crippen LogP contribution is -2.56. The van der Waals surface area contributed by atoms with Gasteiger partial charge in [-0.15, -0.1) is 0 Å². The molecule has 30 heavy (non-hydrogen) atoms. The molecule has 11 nitrogen and oxygen atoms in total. The van der Waals surface area contributed by atoms with Gasteiger partial charge in [-0.3, -0.25) is 19.2 Å². The van der Waals surface area contributed by atoms with Crippen molar-refractivity contribution in [1.29, 1.82) is 0 Å². The minimum Gasteiger partial charge on any atom is -0.481 e. The number of carbonyl (C=O) groups is 5. The first-order valence-electron chi connectivity index (χ1n) is 9.73. The molecule has 0 aromatic rings. The SMILES string of the molecule is CSCCC(NC(=O)C(C)NC(=O)C(CCC(=O)O)NC(=O)C1CCCN1)C(=O)O. The van der Waals surface area contributed by atoms with Gasteiger partial charge in [-0.05, 0) is 51.2 Å². The van der Waals surface area contributed by atoms with E-state index in [2.05, 4.69) is 21.3 Å². The maximum Gasteiger partial charge on any atom is 0.326 e. The average molecular weight is 447 g/mol. The molecule has 1 rings (SSSR count). The van der Waals surface area contributed by atoms with Crippen LogP contribution >= 0.6 is 11.8 Å². The Kier molecular flexibility index (Phi) is 11.2. The number of nitrogens with one attached hydrogen (secondary N) is 4. The maximum absolute atomic E-state index is 12.6. The van der Waals surface area contributed by atoms with Crippen molar-refractivity contribution in [2.75, 3.05) is 18.6 Å². The molecule has 3 amide bonds. The van der Waals surface area contributed by atoms with Crippen LogP contribution in [0.2, 0.25) is 0 Å². The number of carbonyl (C=O) groups excluding carboxylic acids is 3. The molecule has 0 aliphatic carbocycles. The largest absolute Gasteiger partial charge is 0.481 e. The summed E-state index contributed by atoms with van der Waals surface area (Å²) in [6, 6.07) is -3.72. The highest BCUT2D eigenvalue weighted by Crippen LogP contribution is 2.07. The highest BCUT2D eigenvalue weighted by Gasteiger charge is 2.30. The second-order valence-electron chi connectivity index (χ2n) is 7.05. The summed E-state index contributed by atoms with van der Waals surface area (Å²) in [7, 11) is 0. The molecule has 4 unspecified atom stereocenters. The van der Waals surface area contributed by atoms with E-state index in [0.29, 0.717) is 18.7 Å². The predicted molar refractivity (Wildman–Crippen MR) is 110 cm³/mol. The summed E-state index contributed by atoms with van der Waals surface area (Å²) in [4.78, 5) is 59.3. The molecule has 1 fully saturated rings. The molecular formula is C18H30N4O7S. The van der Waals surface area contributed by atoms with Crippen molar-refractivity contribution in [1.82, 2.24) is 21.3 Å². The molecule has 0 aromatic heterocycles. The predicted octanol–water partition coefficient (Wildman–Crippen LogP) is -1.08. The normalized spacial score (nSPS) is 18.7. The molecule has 1 saturated heterocycles. The minimum absolute atomic E-state index is 0.139. The van der Waals surface area contributed by atoms with E-state index in [1.165, 1.54) is 18.7 Å². The average Bonchev–Trinajstić information content (AvgIpc) is 3.22. The highest BCUT2D eigenvalue weighted by atomic mass is 32.2. The third-order valence-corrected chi connectivity index (χ3v) is 5.28. The first-order valence-corrected chi connectivity index (χ1v) is 11.1. The van der Waals surface area contributed by atoms with Crippen LogP contribution in [0.15, 0.2) is 0 Å². The molecule has 0 spiro atoms. The number of thioether (sulfide) groups is 1. The zero-order chi connectivity index (χ0) is 22.7. The Morgan fingerprint density at radius 1 is 1.03 bits per heavy atom. The van der Waals surface area contributed by atoms with Gasteiger partial charge in [0.1, 0.15) is 18.1 Å². The summed E-state index contributed by atoms with van der Waals surface area (Å²) in [6.45, 7) is 2.07. The van der Waals surface area contributed by atoms with Gasteiger partial charge in [0.2, 0.25) is 17.7 Å². The summed E-state index contributed by atoms with van der Waals surface area (Å²) in [5, 5.41) is 28.4. The molecule has 4 atom stereocenters. The molecule has 0 aromatic carbocycles. The van der Waals surface area contributed by atoms with E-state index in [9.17, 15) is 29.1 Å². The van der Waals surface area contributed by atoms with Crippen LogP contribution in [0.3, 0.4) is 0 Å². The Balaban J connectivity index is 2.69. The molecule has 6 N–H and O–H groups in total. The number of hydrogen-bond acceptors (Lipinski definition) is 7. The fourth-order valence-corrected chi connectivity index (χ4v) is 3.36. The van der Waals surface area contributed by atoms with Gasteiger partial charge in [-0.1, -0.05) is 0 Å². The molecule has 12 heteroatoms. The fourth-order valence-electron chi connectivity index (χ4n) is 2.89. The van der Waals surface area contributed by atoms with Crippen LogP contribution in [0.1, 0.15) is 39.0 Å². The summed E-state index contributed by atoms with van der Waals surface area (Å²) < 4.78 is 0. The topological polar surface area (TPSA) is 174 Å². The number of amides is 3. The van der Waals surface area contributed by atoms with Crippen molar-refractivity contribution in [2.45, 2.75) is 63.2 Å². The number of carboxylic acid groups (broad SMARTS) is 2. The number of rotatable bonds is 13. The molecule has 0 radical (unpaired) electrons. The molecule has 1 aliphatic heterocycles. The van der Waals surface area contributed by atoms with Crippen molar-refractivity contribution in [2.24, 2.45) is 0 Å². The van der Waals surface area contributed by atoms with Crippen LogP contribution < -0.4 is 21.3 Å². The first kappa shape index (κ1) is 25.7. The van der Waals surface area contributed by atoms with Gasteiger partial charge in [-0.2, -0.15) is 11.8 Å². The molecule has 0 bridgehead atoms. The zero-order valence-electron chi connectivity index (χ0n) is 17.1. The van der Waals surface area contributed by atoms with Crippen molar-refractivity contribution in [3.63, 3.8) is 0 Å². The van der Waals surface area contributed by atoms with Crippen LogP contribution in [0.5, 0.6) is 0 Å². The van der Waals surface area contributed by atoms with Gasteiger partial charge in [0.15, 0.2) is 0 Å². The van der Waals surface area contributed by atoms with Crippen molar-refractivity contribution < 1.29 is 34.2 Å². The van der Waals surface area contributed by atoms with Gasteiger partial charge in [0, 0.05) is 6.42 Å². The molecule has 1 heterocycles. The van der Waals surface area contributed by atoms with E-state index in [1.807, 2.05) is 6.26 Å². The van der Waals surface area contributed by atoms with Gasteiger partial charge in [0.25, 0.3) is 0 Å². The number of aliphatic carboxylic acids is 2. The van der Waals surface area contributed by atoms with E-state index in [-0.39, 0.29) is 19.3 Å². The second kappa shape index (κ2) is 13.1. The van der Waals surface area contributed by atoms with Crippen molar-refractivity contribution in [3.8, 4) is 0 Å². The molecule has 170 valence electrons. The summed E-state index contributed by atoms with van der Waals surface area (Å²) >= 11 is 1.44. The van der Waals surface area contributed by atoms with Crippen LogP contribution in [-0.2, 0) is 24.0 Å². The van der Waals surface area contributed by atoms with E-state index < -0.39 is 53.8 Å². The van der Waals surface area contributed by atoms with Crippen LogP contribution in [-0.4, -0.2) is 82.6 Å². The lowest BCUT2D eigenvalue weighted by Gasteiger charge is -2.23. The Hall–Kier alpha value is -2.34. The van der Waals surface area contributed by atoms with Gasteiger partial charge in [0.05, 0.1) is 6.04 Å². The summed E-state index contributed by atoms with van der Waals surface area (Å²) in [5.74, 6) is -3.55. The second-order valence-corrected chi connectivity index (χ2v) is 8.04.